The summed E-state index contributed by atoms with van der Waals surface area (Å²) in [6.45, 7) is 3.44. The van der Waals surface area contributed by atoms with Crippen molar-refractivity contribution in [2.75, 3.05) is 45.4 Å². The molecule has 1 fully saturated rings. The molecule has 2 heterocycles. The lowest BCUT2D eigenvalue weighted by Gasteiger charge is -2.40. The molecule has 0 bridgehead atoms. The molecule has 1 spiro atoms. The molecule has 0 aliphatic carbocycles. The lowest BCUT2D eigenvalue weighted by Crippen LogP contribution is -2.46. The smallest absolute Gasteiger partial charge is 0.252 e. The molecule has 0 radical (unpaired) electrons. The fourth-order valence-electron chi connectivity index (χ4n) is 4.61. The fraction of sp³-hybridized carbons (Fsp3) is 0.435. The van der Waals surface area contributed by atoms with E-state index in [0.29, 0.717) is 6.54 Å². The van der Waals surface area contributed by atoms with Gasteiger partial charge in [-0.15, -0.1) is 0 Å². The summed E-state index contributed by atoms with van der Waals surface area (Å²) in [6, 6.07) is 12.7. The van der Waals surface area contributed by atoms with E-state index in [1.807, 2.05) is 29.2 Å². The third-order valence-electron chi connectivity index (χ3n) is 6.23. The lowest BCUT2D eigenvalue weighted by atomic mass is 9.74. The summed E-state index contributed by atoms with van der Waals surface area (Å²) in [4.78, 5) is 16.9. The number of anilines is 1. The van der Waals surface area contributed by atoms with Gasteiger partial charge in [0.2, 0.25) is 0 Å². The summed E-state index contributed by atoms with van der Waals surface area (Å²) < 4.78 is 23.7. The van der Waals surface area contributed by atoms with Crippen molar-refractivity contribution in [3.63, 3.8) is 0 Å². The molecule has 1 amide bonds. The number of benzene rings is 2. The van der Waals surface area contributed by atoms with Crippen LogP contribution in [0.3, 0.4) is 0 Å². The second-order valence-corrected chi connectivity index (χ2v) is 7.98. The van der Waals surface area contributed by atoms with Gasteiger partial charge in [-0.05, 0) is 67.4 Å². The third kappa shape index (κ3) is 3.87. The molecule has 5 nitrogen and oxygen atoms in total. The van der Waals surface area contributed by atoms with E-state index in [2.05, 4.69) is 11.0 Å². The van der Waals surface area contributed by atoms with Gasteiger partial charge in [-0.3, -0.25) is 9.69 Å². The Hall–Kier alpha value is -2.44. The van der Waals surface area contributed by atoms with Gasteiger partial charge in [0, 0.05) is 31.3 Å². The topological polar surface area (TPSA) is 42.0 Å². The van der Waals surface area contributed by atoms with Gasteiger partial charge >= 0.3 is 0 Å². The first-order valence-electron chi connectivity index (χ1n) is 9.99. The molecular weight excluding hydrogens is 371 g/mol. The highest BCUT2D eigenvalue weighted by Crippen LogP contribution is 2.48. The first-order chi connectivity index (χ1) is 14.0. The summed E-state index contributed by atoms with van der Waals surface area (Å²) in [5.41, 5.74) is 3.22. The quantitative estimate of drug-likeness (QED) is 0.775. The van der Waals surface area contributed by atoms with Gasteiger partial charge in [0.15, 0.2) is 0 Å². The first kappa shape index (κ1) is 19.9. The predicted molar refractivity (Wildman–Crippen MR) is 110 cm³/mol. The summed E-state index contributed by atoms with van der Waals surface area (Å²) in [5, 5.41) is 0. The molecule has 154 valence electrons. The number of methoxy groups -OCH3 is 2. The molecule has 2 aromatic carbocycles. The van der Waals surface area contributed by atoms with Crippen LogP contribution in [0.5, 0.6) is 5.75 Å². The van der Waals surface area contributed by atoms with E-state index in [4.69, 9.17) is 9.47 Å². The van der Waals surface area contributed by atoms with Crippen LogP contribution in [0.4, 0.5) is 10.1 Å². The number of likely N-dealkylation sites (tertiary alicyclic amines) is 1. The molecule has 2 aliphatic rings. The molecule has 2 aliphatic heterocycles. The average Bonchev–Trinajstić information content (AvgIpc) is 3.05. The molecule has 4 rings (SSSR count). The largest absolute Gasteiger partial charge is 0.497 e. The standard InChI is InChI=1S/C23H27FN2O3/c1-28-15-22(27)26-16-23(20-13-19(29-2)7-8-21(20)26)9-11-25(12-10-23)14-17-3-5-18(24)6-4-17/h3-8,13H,9-12,14-16H2,1-2H3. The molecule has 29 heavy (non-hydrogen) atoms. The van der Waals surface area contributed by atoms with Crippen LogP contribution in [-0.2, 0) is 21.5 Å². The van der Waals surface area contributed by atoms with E-state index in [1.54, 1.807) is 14.2 Å². The molecule has 0 atom stereocenters. The number of rotatable bonds is 5. The number of ether oxygens (including phenoxy) is 2. The number of halogens is 1. The summed E-state index contributed by atoms with van der Waals surface area (Å²) >= 11 is 0. The molecule has 0 aromatic heterocycles. The van der Waals surface area contributed by atoms with Crippen LogP contribution >= 0.6 is 0 Å². The Morgan fingerprint density at radius 3 is 2.48 bits per heavy atom. The van der Waals surface area contributed by atoms with Gasteiger partial charge in [-0.25, -0.2) is 4.39 Å². The van der Waals surface area contributed by atoms with Crippen LogP contribution in [-0.4, -0.2) is 51.3 Å². The number of piperidine rings is 1. The number of fused-ring (bicyclic) bond motifs is 2. The molecule has 0 saturated carbocycles. The van der Waals surface area contributed by atoms with Crippen LogP contribution in [0.15, 0.2) is 42.5 Å². The van der Waals surface area contributed by atoms with Crippen molar-refractivity contribution in [2.24, 2.45) is 0 Å². The zero-order chi connectivity index (χ0) is 20.4. The minimum Gasteiger partial charge on any atom is -0.497 e. The van der Waals surface area contributed by atoms with Gasteiger partial charge < -0.3 is 14.4 Å². The number of amides is 1. The highest BCUT2D eigenvalue weighted by Gasteiger charge is 2.46. The van der Waals surface area contributed by atoms with E-state index in [9.17, 15) is 9.18 Å². The van der Waals surface area contributed by atoms with Gasteiger partial charge in [0.25, 0.3) is 5.91 Å². The van der Waals surface area contributed by atoms with E-state index >= 15 is 0 Å². The van der Waals surface area contributed by atoms with Crippen LogP contribution in [0.1, 0.15) is 24.0 Å². The van der Waals surface area contributed by atoms with Gasteiger partial charge in [-0.2, -0.15) is 0 Å². The Balaban J connectivity index is 1.53. The van der Waals surface area contributed by atoms with Crippen molar-refractivity contribution in [3.05, 3.63) is 59.4 Å². The van der Waals surface area contributed by atoms with E-state index in [0.717, 1.165) is 49.5 Å². The highest BCUT2D eigenvalue weighted by molar-refractivity contribution is 5.97. The molecule has 2 aromatic rings. The minimum absolute atomic E-state index is 0.00969. The van der Waals surface area contributed by atoms with Gasteiger partial charge in [-0.1, -0.05) is 12.1 Å². The maximum Gasteiger partial charge on any atom is 0.252 e. The third-order valence-corrected chi connectivity index (χ3v) is 6.23. The Kier molecular flexibility index (Phi) is 5.56. The lowest BCUT2D eigenvalue weighted by molar-refractivity contribution is -0.122. The Morgan fingerprint density at radius 1 is 1.10 bits per heavy atom. The fourth-order valence-corrected chi connectivity index (χ4v) is 4.61. The SMILES string of the molecule is COCC(=O)N1CC2(CCN(Cc3ccc(F)cc3)CC2)c2cc(OC)ccc21. The first-order valence-corrected chi connectivity index (χ1v) is 9.99. The summed E-state index contributed by atoms with van der Waals surface area (Å²) in [7, 11) is 3.22. The Morgan fingerprint density at radius 2 is 1.83 bits per heavy atom. The number of carbonyl (C=O) groups excluding carboxylic acids is 1. The predicted octanol–water partition coefficient (Wildman–Crippen LogP) is 3.36. The molecular formula is C23H27FN2O3. The van der Waals surface area contributed by atoms with Crippen LogP contribution < -0.4 is 9.64 Å². The van der Waals surface area contributed by atoms with E-state index < -0.39 is 0 Å². The second-order valence-electron chi connectivity index (χ2n) is 7.98. The Labute approximate surface area is 171 Å². The van der Waals surface area contributed by atoms with Crippen molar-refractivity contribution in [1.82, 2.24) is 4.90 Å². The number of carbonyl (C=O) groups is 1. The van der Waals surface area contributed by atoms with E-state index in [-0.39, 0.29) is 23.7 Å². The second kappa shape index (κ2) is 8.13. The Bertz CT molecular complexity index is 876. The van der Waals surface area contributed by atoms with Crippen LogP contribution in [0, 0.1) is 5.82 Å². The zero-order valence-electron chi connectivity index (χ0n) is 17.0. The normalized spacial score (nSPS) is 18.1. The molecule has 0 unspecified atom stereocenters. The highest BCUT2D eigenvalue weighted by atomic mass is 19.1. The monoisotopic (exact) mass is 398 g/mol. The maximum absolute atomic E-state index is 13.2. The van der Waals surface area contributed by atoms with Crippen molar-refractivity contribution < 1.29 is 18.7 Å². The molecule has 0 N–H and O–H groups in total. The van der Waals surface area contributed by atoms with Crippen molar-refractivity contribution in [1.29, 1.82) is 0 Å². The van der Waals surface area contributed by atoms with Gasteiger partial charge in [0.1, 0.15) is 18.2 Å². The van der Waals surface area contributed by atoms with Crippen molar-refractivity contribution in [3.8, 4) is 5.75 Å². The number of hydrogen-bond acceptors (Lipinski definition) is 4. The summed E-state index contributed by atoms with van der Waals surface area (Å²) in [6.07, 6.45) is 1.93. The van der Waals surface area contributed by atoms with Gasteiger partial charge in [0.05, 0.1) is 7.11 Å². The zero-order valence-corrected chi connectivity index (χ0v) is 17.0. The van der Waals surface area contributed by atoms with Crippen molar-refractivity contribution in [2.45, 2.75) is 24.8 Å². The van der Waals surface area contributed by atoms with E-state index in [1.165, 1.54) is 17.7 Å². The molecule has 6 heteroatoms. The summed E-state index contributed by atoms with van der Waals surface area (Å²) in [5.74, 6) is 0.603. The molecule has 1 saturated heterocycles. The van der Waals surface area contributed by atoms with Crippen LogP contribution in [0.2, 0.25) is 0 Å². The number of nitrogens with zero attached hydrogens (tertiary/aromatic N) is 2. The average molecular weight is 398 g/mol. The minimum atomic E-state index is -0.205. The maximum atomic E-state index is 13.2. The van der Waals surface area contributed by atoms with Crippen molar-refractivity contribution >= 4 is 11.6 Å². The van der Waals surface area contributed by atoms with Crippen LogP contribution in [0.25, 0.3) is 0 Å². The number of hydrogen-bond donors (Lipinski definition) is 0.